The van der Waals surface area contributed by atoms with Gasteiger partial charge < -0.3 is 9.47 Å². The highest BCUT2D eigenvalue weighted by molar-refractivity contribution is 8.00. The molecule has 0 aliphatic carbocycles. The van der Waals surface area contributed by atoms with Crippen LogP contribution in [0.3, 0.4) is 0 Å². The third-order valence-corrected chi connectivity index (χ3v) is 4.78. The summed E-state index contributed by atoms with van der Waals surface area (Å²) in [5.41, 5.74) is 4.76. The molecule has 150 valence electrons. The molecule has 0 bridgehead atoms. The van der Waals surface area contributed by atoms with E-state index in [4.69, 9.17) is 21.1 Å². The standard InChI is InChI=1S/C19H20ClFN2O4S/c1-3-8-27-18-13(20)9-12(10-15(18)26-2)19(25)23-22-17(24)11-28-16-7-5-4-6-14(16)21/h4-7,9-10H,3,8,11H2,1-2H3,(H,22,24)(H,23,25). The highest BCUT2D eigenvalue weighted by atomic mass is 35.5. The average molecular weight is 427 g/mol. The number of halogens is 2. The second kappa shape index (κ2) is 10.8. The van der Waals surface area contributed by atoms with E-state index in [1.54, 1.807) is 18.2 Å². The quantitative estimate of drug-likeness (QED) is 0.495. The molecule has 28 heavy (non-hydrogen) atoms. The Morgan fingerprint density at radius 1 is 1.21 bits per heavy atom. The summed E-state index contributed by atoms with van der Waals surface area (Å²) in [7, 11) is 1.44. The van der Waals surface area contributed by atoms with Gasteiger partial charge in [-0.25, -0.2) is 4.39 Å². The Hall–Kier alpha value is -2.45. The van der Waals surface area contributed by atoms with Gasteiger partial charge in [-0.05, 0) is 30.7 Å². The van der Waals surface area contributed by atoms with Gasteiger partial charge in [0.25, 0.3) is 5.91 Å². The molecule has 0 radical (unpaired) electrons. The minimum Gasteiger partial charge on any atom is -0.493 e. The number of hydrazine groups is 1. The Balaban J connectivity index is 1.94. The van der Waals surface area contributed by atoms with Crippen molar-refractivity contribution in [2.45, 2.75) is 18.2 Å². The lowest BCUT2D eigenvalue weighted by molar-refractivity contribution is -0.119. The third kappa shape index (κ3) is 6.03. The molecule has 0 unspecified atom stereocenters. The van der Waals surface area contributed by atoms with Crippen LogP contribution in [0.25, 0.3) is 0 Å². The van der Waals surface area contributed by atoms with Crippen LogP contribution in [-0.4, -0.2) is 31.3 Å². The predicted octanol–water partition coefficient (Wildman–Crippen LogP) is 3.83. The summed E-state index contributed by atoms with van der Waals surface area (Å²) in [5, 5.41) is 0.222. The lowest BCUT2D eigenvalue weighted by atomic mass is 10.2. The van der Waals surface area contributed by atoms with Crippen LogP contribution in [0.15, 0.2) is 41.3 Å². The first-order valence-corrected chi connectivity index (χ1v) is 9.79. The van der Waals surface area contributed by atoms with Crippen molar-refractivity contribution < 1.29 is 23.5 Å². The molecule has 0 saturated carbocycles. The second-order valence-corrected chi connectivity index (χ2v) is 6.98. The molecule has 2 amide bonds. The van der Waals surface area contributed by atoms with Crippen molar-refractivity contribution in [3.05, 3.63) is 52.8 Å². The topological polar surface area (TPSA) is 76.7 Å². The molecule has 9 heteroatoms. The van der Waals surface area contributed by atoms with Crippen LogP contribution in [0.2, 0.25) is 5.02 Å². The van der Waals surface area contributed by atoms with E-state index in [9.17, 15) is 14.0 Å². The molecule has 6 nitrogen and oxygen atoms in total. The maximum absolute atomic E-state index is 13.5. The van der Waals surface area contributed by atoms with Crippen molar-refractivity contribution in [2.75, 3.05) is 19.5 Å². The lowest BCUT2D eigenvalue weighted by Crippen LogP contribution is -2.42. The molecule has 0 heterocycles. The van der Waals surface area contributed by atoms with Gasteiger partial charge in [-0.2, -0.15) is 0 Å². The summed E-state index contributed by atoms with van der Waals surface area (Å²) in [6.07, 6.45) is 0.790. The summed E-state index contributed by atoms with van der Waals surface area (Å²) in [6, 6.07) is 9.01. The van der Waals surface area contributed by atoms with Gasteiger partial charge in [-0.15, -0.1) is 11.8 Å². The largest absolute Gasteiger partial charge is 0.493 e. The smallest absolute Gasteiger partial charge is 0.269 e. The number of carbonyl (C=O) groups excluding carboxylic acids is 2. The fraction of sp³-hybridized carbons (Fsp3) is 0.263. The van der Waals surface area contributed by atoms with E-state index in [1.807, 2.05) is 6.92 Å². The first kappa shape index (κ1) is 21.8. The van der Waals surface area contributed by atoms with Crippen LogP contribution < -0.4 is 20.3 Å². The molecule has 0 atom stereocenters. The number of thioether (sulfide) groups is 1. The highest BCUT2D eigenvalue weighted by Crippen LogP contribution is 2.36. The normalized spacial score (nSPS) is 10.3. The number of methoxy groups -OCH3 is 1. The molecule has 2 N–H and O–H groups in total. The number of ether oxygens (including phenoxy) is 2. The average Bonchev–Trinajstić information content (AvgIpc) is 2.69. The van der Waals surface area contributed by atoms with Crippen LogP contribution in [0.4, 0.5) is 4.39 Å². The molecular weight excluding hydrogens is 407 g/mol. The molecule has 0 spiro atoms. The van der Waals surface area contributed by atoms with Crippen molar-refractivity contribution in [1.29, 1.82) is 0 Å². The molecule has 0 aliphatic heterocycles. The van der Waals surface area contributed by atoms with Crippen molar-refractivity contribution in [3.63, 3.8) is 0 Å². The number of hydrogen-bond donors (Lipinski definition) is 2. The van der Waals surface area contributed by atoms with E-state index in [2.05, 4.69) is 10.9 Å². The van der Waals surface area contributed by atoms with Gasteiger partial charge in [0, 0.05) is 10.5 Å². The zero-order chi connectivity index (χ0) is 20.5. The minimum atomic E-state index is -0.577. The zero-order valence-corrected chi connectivity index (χ0v) is 17.0. The number of rotatable bonds is 8. The first-order chi connectivity index (χ1) is 13.5. The van der Waals surface area contributed by atoms with Crippen LogP contribution in [0.1, 0.15) is 23.7 Å². The van der Waals surface area contributed by atoms with E-state index in [-0.39, 0.29) is 16.3 Å². The van der Waals surface area contributed by atoms with Gasteiger partial charge in [0.05, 0.1) is 24.5 Å². The lowest BCUT2D eigenvalue weighted by Gasteiger charge is -2.14. The Labute approximate surface area is 171 Å². The zero-order valence-electron chi connectivity index (χ0n) is 15.4. The van der Waals surface area contributed by atoms with Crippen LogP contribution in [0, 0.1) is 5.82 Å². The van der Waals surface area contributed by atoms with Gasteiger partial charge >= 0.3 is 0 Å². The fourth-order valence-electron chi connectivity index (χ4n) is 2.13. The molecule has 0 aromatic heterocycles. The third-order valence-electron chi connectivity index (χ3n) is 3.45. The van der Waals surface area contributed by atoms with Gasteiger partial charge in [0.15, 0.2) is 11.5 Å². The predicted molar refractivity (Wildman–Crippen MR) is 107 cm³/mol. The van der Waals surface area contributed by atoms with Gasteiger partial charge in [0.2, 0.25) is 5.91 Å². The molecular formula is C19H20ClFN2O4S. The van der Waals surface area contributed by atoms with E-state index in [0.29, 0.717) is 23.0 Å². The highest BCUT2D eigenvalue weighted by Gasteiger charge is 2.16. The van der Waals surface area contributed by atoms with E-state index < -0.39 is 17.6 Å². The van der Waals surface area contributed by atoms with E-state index in [1.165, 1.54) is 25.3 Å². The van der Waals surface area contributed by atoms with Gasteiger partial charge in [0.1, 0.15) is 5.82 Å². The monoisotopic (exact) mass is 426 g/mol. The first-order valence-electron chi connectivity index (χ1n) is 8.43. The van der Waals surface area contributed by atoms with Gasteiger partial charge in [-0.3, -0.25) is 20.4 Å². The van der Waals surface area contributed by atoms with E-state index in [0.717, 1.165) is 18.2 Å². The maximum Gasteiger partial charge on any atom is 0.269 e. The Morgan fingerprint density at radius 2 is 1.96 bits per heavy atom. The van der Waals surface area contributed by atoms with E-state index >= 15 is 0 Å². The maximum atomic E-state index is 13.5. The molecule has 0 fully saturated rings. The molecule has 0 saturated heterocycles. The van der Waals surface area contributed by atoms with Crippen molar-refractivity contribution in [3.8, 4) is 11.5 Å². The number of benzene rings is 2. The molecule has 2 aromatic carbocycles. The number of nitrogens with one attached hydrogen (secondary N) is 2. The molecule has 0 aliphatic rings. The number of carbonyl (C=O) groups is 2. The van der Waals surface area contributed by atoms with Crippen LogP contribution in [-0.2, 0) is 4.79 Å². The second-order valence-electron chi connectivity index (χ2n) is 5.56. The summed E-state index contributed by atoms with van der Waals surface area (Å²) < 4.78 is 24.3. The summed E-state index contributed by atoms with van der Waals surface area (Å²) in [5.74, 6) is -0.860. The van der Waals surface area contributed by atoms with Crippen molar-refractivity contribution in [1.82, 2.24) is 10.9 Å². The Kier molecular flexibility index (Phi) is 8.41. The Morgan fingerprint density at radius 3 is 2.64 bits per heavy atom. The number of amides is 2. The van der Waals surface area contributed by atoms with Crippen molar-refractivity contribution in [2.24, 2.45) is 0 Å². The Bertz CT molecular complexity index is 851. The SMILES string of the molecule is CCCOc1c(Cl)cc(C(=O)NNC(=O)CSc2ccccc2F)cc1OC. The molecule has 2 rings (SSSR count). The fourth-order valence-corrected chi connectivity index (χ4v) is 3.14. The van der Waals surface area contributed by atoms with Crippen molar-refractivity contribution >= 4 is 35.2 Å². The summed E-state index contributed by atoms with van der Waals surface area (Å²) >= 11 is 7.20. The van der Waals surface area contributed by atoms with Crippen LogP contribution >= 0.6 is 23.4 Å². The number of hydrogen-bond acceptors (Lipinski definition) is 5. The molecule has 2 aromatic rings. The summed E-state index contributed by atoms with van der Waals surface area (Å²) in [6.45, 7) is 2.41. The summed E-state index contributed by atoms with van der Waals surface area (Å²) in [4.78, 5) is 24.5. The van der Waals surface area contributed by atoms with Gasteiger partial charge in [-0.1, -0.05) is 30.7 Å². The van der Waals surface area contributed by atoms with Crippen LogP contribution in [0.5, 0.6) is 11.5 Å². The minimum absolute atomic E-state index is 0.0604.